The quantitative estimate of drug-likeness (QED) is 0.882. The number of hydrogen-bond donors (Lipinski definition) is 1. The van der Waals surface area contributed by atoms with Crippen LogP contribution in [0.3, 0.4) is 0 Å². The zero-order valence-electron chi connectivity index (χ0n) is 13.3. The summed E-state index contributed by atoms with van der Waals surface area (Å²) in [5.41, 5.74) is -0.0631. The van der Waals surface area contributed by atoms with Gasteiger partial charge in [0.1, 0.15) is 5.41 Å². The van der Waals surface area contributed by atoms with Crippen LogP contribution < -0.4 is 0 Å². The summed E-state index contributed by atoms with van der Waals surface area (Å²) in [5.74, 6) is -0.971. The normalized spacial score (nSPS) is 20.7. The van der Waals surface area contributed by atoms with Crippen molar-refractivity contribution in [3.05, 3.63) is 34.2 Å². The van der Waals surface area contributed by atoms with Crippen LogP contribution in [0.1, 0.15) is 12.0 Å². The molecular formula is C17H18ClNO4S. The summed E-state index contributed by atoms with van der Waals surface area (Å²) in [6.45, 7) is 0.748. The number of hydrogen-bond acceptors (Lipinski definition) is 4. The van der Waals surface area contributed by atoms with Gasteiger partial charge >= 0.3 is 5.97 Å². The molecule has 1 N–H and O–H groups in total. The molecule has 0 bridgehead atoms. The Morgan fingerprint density at radius 3 is 2.96 bits per heavy atom. The van der Waals surface area contributed by atoms with Crippen LogP contribution in [0.4, 0.5) is 0 Å². The Bertz CT molecular complexity index is 790. The molecule has 3 rings (SSSR count). The van der Waals surface area contributed by atoms with Crippen molar-refractivity contribution in [3.8, 4) is 0 Å². The number of carboxylic acids is 1. The van der Waals surface area contributed by atoms with E-state index in [-0.39, 0.29) is 25.5 Å². The van der Waals surface area contributed by atoms with Crippen molar-refractivity contribution in [2.75, 3.05) is 26.8 Å². The number of rotatable bonds is 5. The minimum atomic E-state index is -0.996. The lowest BCUT2D eigenvalue weighted by Gasteiger charge is -2.23. The van der Waals surface area contributed by atoms with Gasteiger partial charge in [-0.1, -0.05) is 11.6 Å². The first-order valence-electron chi connectivity index (χ1n) is 7.61. The van der Waals surface area contributed by atoms with Gasteiger partial charge in [0.05, 0.1) is 13.0 Å². The van der Waals surface area contributed by atoms with Crippen molar-refractivity contribution < 1.29 is 19.4 Å². The molecule has 5 nitrogen and oxygen atoms in total. The molecule has 1 aromatic heterocycles. The van der Waals surface area contributed by atoms with Gasteiger partial charge in [-0.05, 0) is 40.9 Å². The number of ether oxygens (including phenoxy) is 1. The third-order valence-electron chi connectivity index (χ3n) is 4.54. The lowest BCUT2D eigenvalue weighted by Crippen LogP contribution is -2.40. The summed E-state index contributed by atoms with van der Waals surface area (Å²) in [4.78, 5) is 25.8. The summed E-state index contributed by atoms with van der Waals surface area (Å²) in [5, 5.41) is 13.1. The highest BCUT2D eigenvalue weighted by molar-refractivity contribution is 7.17. The van der Waals surface area contributed by atoms with Gasteiger partial charge in [0.25, 0.3) is 0 Å². The topological polar surface area (TPSA) is 66.8 Å². The minimum absolute atomic E-state index is 0.0612. The highest BCUT2D eigenvalue weighted by Gasteiger charge is 2.46. The molecule has 1 fully saturated rings. The standard InChI is InChI=1S/C17H18ClNO4S/c1-23-10-17(16(21)22)4-5-19(9-17)15(20)6-11-8-24-14-3-2-12(18)7-13(11)14/h2-3,7-8H,4-6,9-10H2,1H3,(H,21,22). The summed E-state index contributed by atoms with van der Waals surface area (Å²) in [6.07, 6.45) is 0.668. The second kappa shape index (κ2) is 6.70. The van der Waals surface area contributed by atoms with Crippen LogP contribution in [-0.4, -0.2) is 48.7 Å². The lowest BCUT2D eigenvalue weighted by atomic mass is 9.88. The second-order valence-corrected chi connectivity index (χ2v) is 7.51. The second-order valence-electron chi connectivity index (χ2n) is 6.16. The van der Waals surface area contributed by atoms with Crippen molar-refractivity contribution >= 4 is 44.9 Å². The number of nitrogens with zero attached hydrogens (tertiary/aromatic N) is 1. The Kier molecular flexibility index (Phi) is 4.80. The van der Waals surface area contributed by atoms with Crippen LogP contribution in [0, 0.1) is 5.41 Å². The maximum atomic E-state index is 12.6. The van der Waals surface area contributed by atoms with Gasteiger partial charge in [-0.25, -0.2) is 0 Å². The Hall–Kier alpha value is -1.63. The highest BCUT2D eigenvalue weighted by Crippen LogP contribution is 2.33. The van der Waals surface area contributed by atoms with Gasteiger partial charge in [-0.2, -0.15) is 0 Å². The van der Waals surface area contributed by atoms with E-state index in [0.29, 0.717) is 18.0 Å². The van der Waals surface area contributed by atoms with Crippen molar-refractivity contribution in [3.63, 3.8) is 0 Å². The molecule has 128 valence electrons. The molecule has 24 heavy (non-hydrogen) atoms. The van der Waals surface area contributed by atoms with Crippen molar-refractivity contribution in [2.24, 2.45) is 5.41 Å². The van der Waals surface area contributed by atoms with Gasteiger partial charge in [0.15, 0.2) is 0 Å². The van der Waals surface area contributed by atoms with Crippen LogP contribution >= 0.6 is 22.9 Å². The number of benzene rings is 1. The molecule has 1 atom stereocenters. The van der Waals surface area contributed by atoms with Crippen molar-refractivity contribution in [1.29, 1.82) is 0 Å². The summed E-state index contributed by atoms with van der Waals surface area (Å²) in [7, 11) is 1.48. The fourth-order valence-corrected chi connectivity index (χ4v) is 4.30. The average molecular weight is 368 g/mol. The van der Waals surface area contributed by atoms with Crippen LogP contribution in [-0.2, 0) is 20.7 Å². The minimum Gasteiger partial charge on any atom is -0.481 e. The third kappa shape index (κ3) is 3.14. The smallest absolute Gasteiger partial charge is 0.313 e. The van der Waals surface area contributed by atoms with E-state index >= 15 is 0 Å². The molecule has 2 heterocycles. The molecule has 1 unspecified atom stereocenters. The maximum Gasteiger partial charge on any atom is 0.313 e. The summed E-state index contributed by atoms with van der Waals surface area (Å²) >= 11 is 7.62. The van der Waals surface area contributed by atoms with Crippen molar-refractivity contribution in [1.82, 2.24) is 4.90 Å². The molecule has 1 amide bonds. The van der Waals surface area contributed by atoms with E-state index in [9.17, 15) is 14.7 Å². The fourth-order valence-electron chi connectivity index (χ4n) is 3.18. The molecular weight excluding hydrogens is 350 g/mol. The lowest BCUT2D eigenvalue weighted by molar-refractivity contribution is -0.151. The SMILES string of the molecule is COCC1(C(=O)O)CCN(C(=O)Cc2csc3ccc(Cl)cc23)C1. The van der Waals surface area contributed by atoms with E-state index in [1.165, 1.54) is 7.11 Å². The summed E-state index contributed by atoms with van der Waals surface area (Å²) in [6, 6.07) is 5.64. The van der Waals surface area contributed by atoms with E-state index in [2.05, 4.69) is 0 Å². The molecule has 1 aromatic carbocycles. The number of aliphatic carboxylic acids is 1. The molecule has 1 aliphatic rings. The predicted octanol–water partition coefficient (Wildman–Crippen LogP) is 3.05. The van der Waals surface area contributed by atoms with E-state index < -0.39 is 11.4 Å². The van der Waals surface area contributed by atoms with Crippen LogP contribution in [0.15, 0.2) is 23.6 Å². The van der Waals surface area contributed by atoms with Crippen molar-refractivity contribution in [2.45, 2.75) is 12.8 Å². The van der Waals surface area contributed by atoms with Gasteiger partial charge in [0, 0.05) is 29.9 Å². The Morgan fingerprint density at radius 2 is 2.25 bits per heavy atom. The number of likely N-dealkylation sites (tertiary alicyclic amines) is 1. The predicted molar refractivity (Wildman–Crippen MR) is 93.7 cm³/mol. The van der Waals surface area contributed by atoms with E-state index in [0.717, 1.165) is 15.6 Å². The number of methoxy groups -OCH3 is 1. The number of carbonyl (C=O) groups excluding carboxylic acids is 1. The van der Waals surface area contributed by atoms with Crippen LogP contribution in [0.2, 0.25) is 5.02 Å². The largest absolute Gasteiger partial charge is 0.481 e. The van der Waals surface area contributed by atoms with Crippen LogP contribution in [0.25, 0.3) is 10.1 Å². The van der Waals surface area contributed by atoms with Gasteiger partial charge in [-0.3, -0.25) is 9.59 Å². The first-order chi connectivity index (χ1) is 11.4. The summed E-state index contributed by atoms with van der Waals surface area (Å²) < 4.78 is 6.15. The van der Waals surface area contributed by atoms with E-state index in [1.807, 2.05) is 23.6 Å². The third-order valence-corrected chi connectivity index (χ3v) is 5.79. The Balaban J connectivity index is 1.75. The molecule has 2 aromatic rings. The highest BCUT2D eigenvalue weighted by atomic mass is 35.5. The molecule has 0 aliphatic carbocycles. The van der Waals surface area contributed by atoms with Crippen LogP contribution in [0.5, 0.6) is 0 Å². The fraction of sp³-hybridized carbons (Fsp3) is 0.412. The van der Waals surface area contributed by atoms with Gasteiger partial charge < -0.3 is 14.7 Å². The number of fused-ring (bicyclic) bond motifs is 1. The monoisotopic (exact) mass is 367 g/mol. The molecule has 0 saturated carbocycles. The number of carboxylic acid groups (broad SMARTS) is 1. The zero-order chi connectivity index (χ0) is 17.3. The Morgan fingerprint density at radius 1 is 1.46 bits per heavy atom. The average Bonchev–Trinajstić information content (AvgIpc) is 3.13. The molecule has 0 radical (unpaired) electrons. The molecule has 0 spiro atoms. The Labute approximate surface area is 148 Å². The van der Waals surface area contributed by atoms with Gasteiger partial charge in [0.2, 0.25) is 5.91 Å². The number of carbonyl (C=O) groups is 2. The molecule has 1 aliphatic heterocycles. The maximum absolute atomic E-state index is 12.6. The number of amides is 1. The first-order valence-corrected chi connectivity index (χ1v) is 8.87. The molecule has 7 heteroatoms. The van der Waals surface area contributed by atoms with E-state index in [1.54, 1.807) is 16.2 Å². The number of thiophene rings is 1. The first kappa shape index (κ1) is 17.2. The number of halogens is 1. The molecule has 1 saturated heterocycles. The van der Waals surface area contributed by atoms with Gasteiger partial charge in [-0.15, -0.1) is 11.3 Å². The zero-order valence-corrected chi connectivity index (χ0v) is 14.8. The van der Waals surface area contributed by atoms with E-state index in [4.69, 9.17) is 16.3 Å².